The summed E-state index contributed by atoms with van der Waals surface area (Å²) < 4.78 is 8.80. The zero-order chi connectivity index (χ0) is 29.0. The van der Waals surface area contributed by atoms with Crippen LogP contribution in [0.4, 0.5) is 0 Å². The Bertz CT molecular complexity index is 2460. The number of fused-ring (bicyclic) bond motifs is 6. The number of para-hydroxylation sites is 3. The second-order valence-corrected chi connectivity index (χ2v) is 10.8. The molecular formula is C40H23N3OPt. The third-order valence-electron chi connectivity index (χ3n) is 8.27. The monoisotopic (exact) mass is 756 g/mol. The van der Waals surface area contributed by atoms with Crippen molar-refractivity contribution in [3.8, 4) is 39.6 Å². The van der Waals surface area contributed by atoms with Crippen LogP contribution in [0, 0.1) is 12.1 Å². The molecule has 4 aromatic heterocycles. The summed E-state index contributed by atoms with van der Waals surface area (Å²) in [5.74, 6) is 0.822. The van der Waals surface area contributed by atoms with Crippen LogP contribution in [0.3, 0.4) is 0 Å². The average Bonchev–Trinajstić information content (AvgIpc) is 3.65. The van der Waals surface area contributed by atoms with Gasteiger partial charge < -0.3 is 8.98 Å². The van der Waals surface area contributed by atoms with E-state index in [1.54, 1.807) is 0 Å². The van der Waals surface area contributed by atoms with Gasteiger partial charge in [0.05, 0.1) is 17.0 Å². The quantitative estimate of drug-likeness (QED) is 0.168. The zero-order valence-electron chi connectivity index (χ0n) is 23.8. The molecule has 0 N–H and O–H groups in total. The van der Waals surface area contributed by atoms with Crippen LogP contribution in [-0.2, 0) is 21.1 Å². The summed E-state index contributed by atoms with van der Waals surface area (Å²) in [6.45, 7) is 0. The van der Waals surface area contributed by atoms with Gasteiger partial charge in [0, 0.05) is 16.5 Å². The van der Waals surface area contributed by atoms with Gasteiger partial charge in [-0.2, -0.15) is 24.3 Å². The summed E-state index contributed by atoms with van der Waals surface area (Å²) in [6.07, 6.45) is 0. The third kappa shape index (κ3) is 4.41. The molecule has 5 heteroatoms. The van der Waals surface area contributed by atoms with Crippen molar-refractivity contribution in [2.75, 3.05) is 0 Å². The second-order valence-electron chi connectivity index (χ2n) is 10.8. The molecule has 0 unspecified atom stereocenters. The standard InChI is InChI=1S/C40H23N3O.Pt/c1-2-12-26(13-3-1)27-16-8-17-30-31-18-9-19-32(40(31)44-39(27)30)33-20-10-21-34(41-33)35-22-11-25-38(42-35)43-36-23-6-4-14-28(36)29-15-5-7-24-37(29)43;/h1-18,20-23,25H;/q-2;+2. The van der Waals surface area contributed by atoms with E-state index in [1.807, 2.05) is 72.8 Å². The van der Waals surface area contributed by atoms with Crippen molar-refractivity contribution in [1.82, 2.24) is 14.5 Å². The summed E-state index contributed by atoms with van der Waals surface area (Å²) in [5.41, 5.74) is 9.10. The summed E-state index contributed by atoms with van der Waals surface area (Å²) in [4.78, 5) is 10.2. The SMILES string of the molecule is [Pt+2].[c-]1ccc2c(oc3c(-c4ccccc4)cccc32)c1-c1cccc(-c2cccc(-n3c4[c-]cccc4c4ccccc43)n2)n1. The summed E-state index contributed by atoms with van der Waals surface area (Å²) in [7, 11) is 0. The molecule has 9 rings (SSSR count). The molecule has 0 radical (unpaired) electrons. The second kappa shape index (κ2) is 11.0. The Morgan fingerprint density at radius 1 is 0.511 bits per heavy atom. The number of pyridine rings is 2. The van der Waals surface area contributed by atoms with Gasteiger partial charge in [-0.05, 0) is 40.9 Å². The van der Waals surface area contributed by atoms with Gasteiger partial charge in [0.15, 0.2) is 0 Å². The number of hydrogen-bond donors (Lipinski definition) is 0. The maximum atomic E-state index is 6.63. The minimum absolute atomic E-state index is 0. The van der Waals surface area contributed by atoms with E-state index >= 15 is 0 Å². The van der Waals surface area contributed by atoms with Crippen LogP contribution >= 0.6 is 0 Å². The van der Waals surface area contributed by atoms with Crippen molar-refractivity contribution in [1.29, 1.82) is 0 Å². The summed E-state index contributed by atoms with van der Waals surface area (Å²) in [5, 5.41) is 4.45. The molecule has 0 aliphatic carbocycles. The molecule has 0 saturated heterocycles. The topological polar surface area (TPSA) is 43.9 Å². The van der Waals surface area contributed by atoms with Gasteiger partial charge in [0.25, 0.3) is 0 Å². The van der Waals surface area contributed by atoms with Gasteiger partial charge in [-0.15, -0.1) is 23.6 Å². The van der Waals surface area contributed by atoms with Crippen LogP contribution in [0.2, 0.25) is 0 Å². The Morgan fingerprint density at radius 3 is 2.13 bits per heavy atom. The first-order valence-electron chi connectivity index (χ1n) is 14.6. The first-order valence-corrected chi connectivity index (χ1v) is 14.6. The smallest absolute Gasteiger partial charge is 0.500 e. The molecule has 4 heterocycles. The first-order chi connectivity index (χ1) is 21.8. The molecule has 0 fully saturated rings. The Kier molecular flexibility index (Phi) is 6.66. The normalized spacial score (nSPS) is 11.4. The van der Waals surface area contributed by atoms with E-state index in [0.717, 1.165) is 77.9 Å². The third-order valence-corrected chi connectivity index (χ3v) is 8.27. The molecule has 0 saturated carbocycles. The molecule has 5 aromatic carbocycles. The predicted octanol–water partition coefficient (Wildman–Crippen LogP) is 10.1. The molecule has 0 atom stereocenters. The van der Waals surface area contributed by atoms with Gasteiger partial charge in [-0.25, -0.2) is 4.98 Å². The Morgan fingerprint density at radius 2 is 1.22 bits per heavy atom. The van der Waals surface area contributed by atoms with Crippen molar-refractivity contribution in [3.05, 3.63) is 152 Å². The van der Waals surface area contributed by atoms with E-state index < -0.39 is 0 Å². The molecule has 214 valence electrons. The van der Waals surface area contributed by atoms with Gasteiger partial charge in [-0.3, -0.25) is 4.98 Å². The first kappa shape index (κ1) is 27.3. The van der Waals surface area contributed by atoms with Crippen LogP contribution in [0.5, 0.6) is 0 Å². The fourth-order valence-corrected chi connectivity index (χ4v) is 6.29. The Labute approximate surface area is 273 Å². The van der Waals surface area contributed by atoms with E-state index in [4.69, 9.17) is 14.4 Å². The molecule has 0 aliphatic heterocycles. The van der Waals surface area contributed by atoms with Crippen molar-refractivity contribution >= 4 is 43.7 Å². The number of furan rings is 1. The van der Waals surface area contributed by atoms with Gasteiger partial charge in [0.1, 0.15) is 11.4 Å². The van der Waals surface area contributed by atoms with Crippen molar-refractivity contribution in [3.63, 3.8) is 0 Å². The minimum atomic E-state index is 0. The molecule has 4 nitrogen and oxygen atoms in total. The predicted molar refractivity (Wildman–Crippen MR) is 178 cm³/mol. The number of aromatic nitrogens is 3. The van der Waals surface area contributed by atoms with E-state index in [0.29, 0.717) is 0 Å². The van der Waals surface area contributed by atoms with E-state index in [2.05, 4.69) is 83.4 Å². The van der Waals surface area contributed by atoms with Crippen LogP contribution in [0.25, 0.3) is 83.3 Å². The van der Waals surface area contributed by atoms with Gasteiger partial charge >= 0.3 is 21.1 Å². The minimum Gasteiger partial charge on any atom is -0.500 e. The number of nitrogens with zero attached hydrogens (tertiary/aromatic N) is 3. The van der Waals surface area contributed by atoms with Crippen LogP contribution in [0.15, 0.2) is 144 Å². The van der Waals surface area contributed by atoms with Crippen LogP contribution in [-0.4, -0.2) is 14.5 Å². The number of rotatable bonds is 4. The molecule has 0 aliphatic rings. The fraction of sp³-hybridized carbons (Fsp3) is 0. The molecule has 0 spiro atoms. The number of benzene rings is 5. The molecule has 0 amide bonds. The van der Waals surface area contributed by atoms with E-state index in [-0.39, 0.29) is 21.1 Å². The fourth-order valence-electron chi connectivity index (χ4n) is 6.29. The molecule has 0 bridgehead atoms. The largest absolute Gasteiger partial charge is 2.00 e. The Hall–Kier alpha value is -5.31. The average molecular weight is 757 g/mol. The number of hydrogen-bond acceptors (Lipinski definition) is 3. The van der Waals surface area contributed by atoms with Crippen molar-refractivity contribution in [2.45, 2.75) is 0 Å². The molecule has 45 heavy (non-hydrogen) atoms. The maximum Gasteiger partial charge on any atom is 2.00 e. The zero-order valence-corrected chi connectivity index (χ0v) is 26.1. The maximum absolute atomic E-state index is 6.63. The Balaban J connectivity index is 0.00000300. The van der Waals surface area contributed by atoms with E-state index in [9.17, 15) is 0 Å². The van der Waals surface area contributed by atoms with Crippen molar-refractivity contribution in [2.24, 2.45) is 0 Å². The molecule has 9 aromatic rings. The van der Waals surface area contributed by atoms with Gasteiger partial charge in [-0.1, -0.05) is 101 Å². The van der Waals surface area contributed by atoms with Crippen LogP contribution in [0.1, 0.15) is 0 Å². The summed E-state index contributed by atoms with van der Waals surface area (Å²) in [6, 6.07) is 54.1. The van der Waals surface area contributed by atoms with Gasteiger partial charge in [0.2, 0.25) is 0 Å². The van der Waals surface area contributed by atoms with E-state index in [1.165, 1.54) is 5.39 Å². The van der Waals surface area contributed by atoms with Crippen molar-refractivity contribution < 1.29 is 25.5 Å². The summed E-state index contributed by atoms with van der Waals surface area (Å²) >= 11 is 0. The molecular weight excluding hydrogens is 734 g/mol. The van der Waals surface area contributed by atoms with Crippen LogP contribution < -0.4 is 0 Å².